The first-order valence-electron chi connectivity index (χ1n) is 13.1. The highest BCUT2D eigenvalue weighted by Crippen LogP contribution is 2.34. The van der Waals surface area contributed by atoms with Crippen molar-refractivity contribution in [3.63, 3.8) is 0 Å². The molecule has 0 saturated heterocycles. The van der Waals surface area contributed by atoms with Gasteiger partial charge in [-0.15, -0.1) is 0 Å². The maximum Gasteiger partial charge on any atom is 0.0252 e. The fraction of sp³-hybridized carbons (Fsp3) is 0.394. The van der Waals surface area contributed by atoms with Crippen molar-refractivity contribution in [2.45, 2.75) is 84.5 Å². The minimum Gasteiger partial charge on any atom is -0.0654 e. The van der Waals surface area contributed by atoms with Crippen LogP contribution in [-0.2, 0) is 25.7 Å². The van der Waals surface area contributed by atoms with Gasteiger partial charge in [0.2, 0.25) is 0 Å². The molecule has 0 unspecified atom stereocenters. The molecule has 0 fully saturated rings. The normalized spacial score (nSPS) is 12.3. The van der Waals surface area contributed by atoms with Crippen LogP contribution in [0.25, 0.3) is 11.1 Å². The Hall–Kier alpha value is -2.78. The molecule has 0 spiro atoms. The summed E-state index contributed by atoms with van der Waals surface area (Å²) in [6.45, 7) is 4.53. The minimum absolute atomic E-state index is 1.10. The molecule has 0 radical (unpaired) electrons. The van der Waals surface area contributed by atoms with Crippen LogP contribution in [0, 0.1) is 11.8 Å². The molecule has 0 atom stereocenters. The molecule has 0 aliphatic heterocycles. The highest BCUT2D eigenvalue weighted by Gasteiger charge is 2.15. The molecule has 0 heterocycles. The molecule has 4 rings (SSSR count). The average molecular weight is 435 g/mol. The Morgan fingerprint density at radius 2 is 1.12 bits per heavy atom. The zero-order valence-electron chi connectivity index (χ0n) is 20.6. The van der Waals surface area contributed by atoms with Gasteiger partial charge in [-0.25, -0.2) is 0 Å². The molecule has 3 aromatic carbocycles. The molecule has 170 valence electrons. The van der Waals surface area contributed by atoms with Crippen LogP contribution >= 0.6 is 0 Å². The third kappa shape index (κ3) is 6.39. The monoisotopic (exact) mass is 434 g/mol. The van der Waals surface area contributed by atoms with E-state index in [9.17, 15) is 0 Å². The molecule has 3 aromatic rings. The fourth-order valence-corrected chi connectivity index (χ4v) is 4.94. The van der Waals surface area contributed by atoms with Crippen LogP contribution in [0.15, 0.2) is 60.7 Å². The smallest absolute Gasteiger partial charge is 0.0252 e. The van der Waals surface area contributed by atoms with Gasteiger partial charge in [-0.05, 0) is 103 Å². The number of hydrogen-bond donors (Lipinski definition) is 0. The van der Waals surface area contributed by atoms with Crippen molar-refractivity contribution >= 4 is 0 Å². The summed E-state index contributed by atoms with van der Waals surface area (Å²) in [4.78, 5) is 0. The van der Waals surface area contributed by atoms with E-state index in [2.05, 4.69) is 86.4 Å². The number of unbranched alkanes of at least 4 members (excludes halogenated alkanes) is 4. The fourth-order valence-electron chi connectivity index (χ4n) is 4.94. The SMILES string of the molecule is CCCCCc1ccc(C#Cc2ccc3c(c2)CCCc2cc(CCCCC)ccc2-3)cc1. The van der Waals surface area contributed by atoms with E-state index in [4.69, 9.17) is 0 Å². The lowest BCUT2D eigenvalue weighted by molar-refractivity contribution is 0.716. The van der Waals surface area contributed by atoms with Crippen LogP contribution in [-0.4, -0.2) is 0 Å². The van der Waals surface area contributed by atoms with E-state index >= 15 is 0 Å². The van der Waals surface area contributed by atoms with Crippen molar-refractivity contribution < 1.29 is 0 Å². The van der Waals surface area contributed by atoms with E-state index in [1.54, 1.807) is 0 Å². The molecule has 0 N–H and O–H groups in total. The van der Waals surface area contributed by atoms with Crippen molar-refractivity contribution in [3.8, 4) is 23.0 Å². The van der Waals surface area contributed by atoms with Crippen molar-refractivity contribution in [3.05, 3.63) is 94.0 Å². The molecule has 0 bridgehead atoms. The van der Waals surface area contributed by atoms with Gasteiger partial charge in [-0.3, -0.25) is 0 Å². The molecular weight excluding hydrogens is 396 g/mol. The number of rotatable bonds is 8. The zero-order valence-corrected chi connectivity index (χ0v) is 20.6. The van der Waals surface area contributed by atoms with Crippen LogP contribution in [0.3, 0.4) is 0 Å². The van der Waals surface area contributed by atoms with Crippen molar-refractivity contribution in [2.75, 3.05) is 0 Å². The average Bonchev–Trinajstić information content (AvgIpc) is 3.02. The van der Waals surface area contributed by atoms with E-state index in [-0.39, 0.29) is 0 Å². The first-order valence-corrected chi connectivity index (χ1v) is 13.1. The maximum atomic E-state index is 3.41. The summed E-state index contributed by atoms with van der Waals surface area (Å²) in [6, 6.07) is 22.8. The van der Waals surface area contributed by atoms with E-state index in [1.807, 2.05) is 0 Å². The lowest BCUT2D eigenvalue weighted by Crippen LogP contribution is -1.93. The molecule has 1 aliphatic carbocycles. The predicted molar refractivity (Wildman–Crippen MR) is 143 cm³/mol. The van der Waals surface area contributed by atoms with Crippen molar-refractivity contribution in [1.29, 1.82) is 0 Å². The number of hydrogen-bond acceptors (Lipinski definition) is 0. The van der Waals surface area contributed by atoms with E-state index in [0.29, 0.717) is 0 Å². The van der Waals surface area contributed by atoms with Gasteiger partial charge < -0.3 is 0 Å². The molecule has 0 heteroatoms. The van der Waals surface area contributed by atoms with Gasteiger partial charge in [0, 0.05) is 11.1 Å². The summed E-state index contributed by atoms with van der Waals surface area (Å²) < 4.78 is 0. The predicted octanol–water partition coefficient (Wildman–Crippen LogP) is 8.71. The van der Waals surface area contributed by atoms with Crippen LogP contribution in [0.4, 0.5) is 0 Å². The largest absolute Gasteiger partial charge is 0.0654 e. The van der Waals surface area contributed by atoms with Gasteiger partial charge in [-0.2, -0.15) is 0 Å². The molecule has 33 heavy (non-hydrogen) atoms. The van der Waals surface area contributed by atoms with Crippen molar-refractivity contribution in [2.24, 2.45) is 0 Å². The lowest BCUT2D eigenvalue weighted by Gasteiger charge is -2.12. The van der Waals surface area contributed by atoms with Crippen LogP contribution < -0.4 is 0 Å². The molecule has 1 aliphatic rings. The Balaban J connectivity index is 1.49. The summed E-state index contributed by atoms with van der Waals surface area (Å²) in [7, 11) is 0. The van der Waals surface area contributed by atoms with E-state index < -0.39 is 0 Å². The Bertz CT molecular complexity index is 1110. The van der Waals surface area contributed by atoms with Crippen LogP contribution in [0.1, 0.15) is 92.2 Å². The molecule has 0 saturated carbocycles. The highest BCUT2D eigenvalue weighted by molar-refractivity contribution is 5.73. The lowest BCUT2D eigenvalue weighted by atomic mass is 9.93. The number of fused-ring (bicyclic) bond motifs is 3. The number of benzene rings is 3. The van der Waals surface area contributed by atoms with Gasteiger partial charge in [0.05, 0.1) is 0 Å². The van der Waals surface area contributed by atoms with Gasteiger partial charge >= 0.3 is 0 Å². The summed E-state index contributed by atoms with van der Waals surface area (Å²) in [5.41, 5.74) is 11.0. The topological polar surface area (TPSA) is 0 Å². The molecular formula is C33H38. The van der Waals surface area contributed by atoms with Crippen LogP contribution in [0.5, 0.6) is 0 Å². The Morgan fingerprint density at radius 3 is 1.82 bits per heavy atom. The first-order chi connectivity index (χ1) is 16.3. The molecule has 0 amide bonds. The minimum atomic E-state index is 1.10. The number of aryl methyl sites for hydroxylation is 4. The molecule has 0 aromatic heterocycles. The second-order valence-electron chi connectivity index (χ2n) is 9.58. The summed E-state index contributed by atoms with van der Waals surface area (Å²) in [6.07, 6.45) is 13.7. The van der Waals surface area contributed by atoms with Gasteiger partial charge in [-0.1, -0.05) is 87.8 Å². The Labute approximate surface area is 201 Å². The van der Waals surface area contributed by atoms with Gasteiger partial charge in [0.15, 0.2) is 0 Å². The van der Waals surface area contributed by atoms with E-state index in [1.165, 1.54) is 97.6 Å². The van der Waals surface area contributed by atoms with Crippen LogP contribution in [0.2, 0.25) is 0 Å². The van der Waals surface area contributed by atoms with Gasteiger partial charge in [0.25, 0.3) is 0 Å². The summed E-state index contributed by atoms with van der Waals surface area (Å²) >= 11 is 0. The second-order valence-corrected chi connectivity index (χ2v) is 9.58. The third-order valence-electron chi connectivity index (χ3n) is 6.90. The molecule has 0 nitrogen and oxygen atoms in total. The summed E-state index contributed by atoms with van der Waals surface area (Å²) in [5, 5.41) is 0. The highest BCUT2D eigenvalue weighted by atomic mass is 14.2. The van der Waals surface area contributed by atoms with Crippen molar-refractivity contribution in [1.82, 2.24) is 0 Å². The standard InChI is InChI=1S/C33H38/c1-3-5-7-10-26-14-16-27(17-15-26)18-19-29-21-23-33-31(25-29)13-9-12-30-24-28(11-8-6-4-2)20-22-32(30)33/h14-17,20-25H,3-13H2,1-2H3. The third-order valence-corrected chi connectivity index (χ3v) is 6.90. The maximum absolute atomic E-state index is 3.41. The second kappa shape index (κ2) is 11.9. The zero-order chi connectivity index (χ0) is 22.9. The quantitative estimate of drug-likeness (QED) is 0.246. The first kappa shape index (κ1) is 23.4. The van der Waals surface area contributed by atoms with Gasteiger partial charge in [0.1, 0.15) is 0 Å². The van der Waals surface area contributed by atoms with E-state index in [0.717, 1.165) is 17.5 Å². The summed E-state index contributed by atoms with van der Waals surface area (Å²) in [5.74, 6) is 6.79. The Kier molecular flexibility index (Phi) is 8.43. The Morgan fingerprint density at radius 1 is 0.576 bits per heavy atom.